The predicted molar refractivity (Wildman–Crippen MR) is 96.2 cm³/mol. The van der Waals surface area contributed by atoms with Gasteiger partial charge in [-0.1, -0.05) is 0 Å². The molecule has 3 rings (SSSR count). The number of alkyl halides is 3. The molecule has 2 aromatic carbocycles. The number of hydrogen-bond donors (Lipinski definition) is 0. The normalized spacial score (nSPS) is 13.4. The Hall–Kier alpha value is -2.90. The summed E-state index contributed by atoms with van der Waals surface area (Å²) in [6, 6.07) is 7.10. The van der Waals surface area contributed by atoms with E-state index in [4.69, 9.17) is 4.74 Å². The summed E-state index contributed by atoms with van der Waals surface area (Å²) in [6.45, 7) is -3.70. The third-order valence-electron chi connectivity index (χ3n) is 4.44. The molecule has 2 aromatic rings. The van der Waals surface area contributed by atoms with E-state index < -0.39 is 30.7 Å². The largest absolute Gasteiger partial charge is 0.490 e. The number of benzene rings is 2. The summed E-state index contributed by atoms with van der Waals surface area (Å²) in [5.74, 6) is -2.76. The summed E-state index contributed by atoms with van der Waals surface area (Å²) < 4.78 is 60.7. The van der Waals surface area contributed by atoms with Gasteiger partial charge in [0.05, 0.1) is 13.3 Å². The zero-order chi connectivity index (χ0) is 21.0. The Morgan fingerprint density at radius 2 is 1.66 bits per heavy atom. The first-order valence-electron chi connectivity index (χ1n) is 9.06. The second kappa shape index (κ2) is 9.07. The quantitative estimate of drug-likeness (QED) is 0.236. The van der Waals surface area contributed by atoms with Crippen molar-refractivity contribution in [3.8, 4) is 11.5 Å². The minimum atomic E-state index is -2.99. The van der Waals surface area contributed by atoms with E-state index in [1.807, 2.05) is 0 Å². The van der Waals surface area contributed by atoms with Gasteiger partial charge in [-0.3, -0.25) is 14.0 Å². The van der Waals surface area contributed by atoms with Crippen LogP contribution >= 0.6 is 0 Å². The number of rotatable bonds is 10. The lowest BCUT2D eigenvalue weighted by molar-refractivity contribution is -0.0504. The van der Waals surface area contributed by atoms with Crippen molar-refractivity contribution in [1.29, 1.82) is 0 Å². The van der Waals surface area contributed by atoms with Gasteiger partial charge in [-0.2, -0.15) is 8.78 Å². The SMILES string of the molecule is O=C(C(=O)c1ccc(OC(F)F)c(C2CC2)c1)c1ccc(F)c(OCCCF)c1. The van der Waals surface area contributed by atoms with Crippen LogP contribution in [0.25, 0.3) is 0 Å². The van der Waals surface area contributed by atoms with E-state index in [0.717, 1.165) is 31.0 Å². The summed E-state index contributed by atoms with van der Waals surface area (Å²) in [5.41, 5.74) is 0.397. The first kappa shape index (κ1) is 20.8. The van der Waals surface area contributed by atoms with Crippen LogP contribution in [0.15, 0.2) is 36.4 Å². The number of ketones is 2. The van der Waals surface area contributed by atoms with Gasteiger partial charge in [0.15, 0.2) is 11.6 Å². The van der Waals surface area contributed by atoms with Gasteiger partial charge in [-0.15, -0.1) is 0 Å². The van der Waals surface area contributed by atoms with Gasteiger partial charge in [-0.05, 0) is 60.7 Å². The van der Waals surface area contributed by atoms with Crippen molar-refractivity contribution >= 4 is 11.6 Å². The zero-order valence-corrected chi connectivity index (χ0v) is 15.3. The maximum absolute atomic E-state index is 13.8. The molecule has 29 heavy (non-hydrogen) atoms. The fourth-order valence-electron chi connectivity index (χ4n) is 2.86. The molecule has 0 radical (unpaired) electrons. The Morgan fingerprint density at radius 1 is 1.00 bits per heavy atom. The van der Waals surface area contributed by atoms with Gasteiger partial charge in [0.1, 0.15) is 5.75 Å². The Morgan fingerprint density at radius 3 is 2.28 bits per heavy atom. The van der Waals surface area contributed by atoms with Crippen LogP contribution in [0.1, 0.15) is 51.5 Å². The molecule has 154 valence electrons. The van der Waals surface area contributed by atoms with Gasteiger partial charge in [0.25, 0.3) is 0 Å². The standard InChI is InChI=1S/C21H18F4O4/c22-8-1-9-28-18-11-14(4-6-16(18)23)20(27)19(26)13-5-7-17(29-21(24)25)15(10-13)12-2-3-12/h4-7,10-12,21H,1-3,8-9H2. The van der Waals surface area contributed by atoms with Crippen molar-refractivity contribution in [2.45, 2.75) is 31.8 Å². The molecule has 4 nitrogen and oxygen atoms in total. The van der Waals surface area contributed by atoms with Crippen LogP contribution in [0.4, 0.5) is 17.6 Å². The van der Waals surface area contributed by atoms with Crippen LogP contribution in [-0.4, -0.2) is 31.5 Å². The third kappa shape index (κ3) is 5.13. The van der Waals surface area contributed by atoms with Crippen molar-refractivity contribution in [1.82, 2.24) is 0 Å². The lowest BCUT2D eigenvalue weighted by atomic mass is 9.98. The van der Waals surface area contributed by atoms with E-state index in [-0.39, 0.29) is 41.6 Å². The van der Waals surface area contributed by atoms with E-state index in [1.54, 1.807) is 0 Å². The predicted octanol–water partition coefficient (Wildman–Crippen LogP) is 5.11. The molecule has 1 saturated carbocycles. The molecule has 0 saturated heterocycles. The van der Waals surface area contributed by atoms with Gasteiger partial charge in [0, 0.05) is 17.5 Å². The Labute approximate surface area is 164 Å². The van der Waals surface area contributed by atoms with Crippen LogP contribution in [0.2, 0.25) is 0 Å². The molecule has 0 amide bonds. The molecule has 1 aliphatic carbocycles. The molecule has 8 heteroatoms. The number of hydrogen-bond acceptors (Lipinski definition) is 4. The van der Waals surface area contributed by atoms with Crippen molar-refractivity contribution < 1.29 is 36.6 Å². The molecule has 0 N–H and O–H groups in total. The van der Waals surface area contributed by atoms with E-state index in [2.05, 4.69) is 4.74 Å². The molecule has 1 fully saturated rings. The van der Waals surface area contributed by atoms with Crippen molar-refractivity contribution in [3.05, 3.63) is 58.9 Å². The molecule has 0 aliphatic heterocycles. The highest BCUT2D eigenvalue weighted by molar-refractivity contribution is 6.49. The first-order chi connectivity index (χ1) is 13.9. The minimum Gasteiger partial charge on any atom is -0.490 e. The first-order valence-corrected chi connectivity index (χ1v) is 9.06. The van der Waals surface area contributed by atoms with E-state index >= 15 is 0 Å². The number of carbonyl (C=O) groups excluding carboxylic acids is 2. The van der Waals surface area contributed by atoms with Crippen LogP contribution in [-0.2, 0) is 0 Å². The molecule has 0 bridgehead atoms. The molecule has 0 atom stereocenters. The fourth-order valence-corrected chi connectivity index (χ4v) is 2.86. The Balaban J connectivity index is 1.82. The summed E-state index contributed by atoms with van der Waals surface area (Å²) in [6.07, 6.45) is 1.62. The number of Topliss-reactive ketones (excluding diaryl/α,β-unsaturated/α-hetero) is 2. The zero-order valence-electron chi connectivity index (χ0n) is 15.3. The summed E-state index contributed by atoms with van der Waals surface area (Å²) in [4.78, 5) is 25.2. The number of ether oxygens (including phenoxy) is 2. The van der Waals surface area contributed by atoms with Crippen LogP contribution in [0.3, 0.4) is 0 Å². The highest BCUT2D eigenvalue weighted by Gasteiger charge is 2.30. The smallest absolute Gasteiger partial charge is 0.387 e. The average Bonchev–Trinajstić information content (AvgIpc) is 3.53. The van der Waals surface area contributed by atoms with Crippen molar-refractivity contribution in [2.75, 3.05) is 13.3 Å². The van der Waals surface area contributed by atoms with E-state index in [1.165, 1.54) is 18.2 Å². The molecular formula is C21H18F4O4. The third-order valence-corrected chi connectivity index (χ3v) is 4.44. The molecular weight excluding hydrogens is 392 g/mol. The topological polar surface area (TPSA) is 52.6 Å². The van der Waals surface area contributed by atoms with Gasteiger partial charge in [0.2, 0.25) is 11.6 Å². The maximum atomic E-state index is 13.8. The number of carbonyl (C=O) groups is 2. The van der Waals surface area contributed by atoms with Crippen molar-refractivity contribution in [3.63, 3.8) is 0 Å². The van der Waals surface area contributed by atoms with E-state index in [9.17, 15) is 27.2 Å². The highest BCUT2D eigenvalue weighted by Crippen LogP contribution is 2.45. The van der Waals surface area contributed by atoms with Gasteiger partial charge in [-0.25, -0.2) is 4.39 Å². The number of halogens is 4. The Kier molecular flexibility index (Phi) is 6.51. The van der Waals surface area contributed by atoms with Gasteiger partial charge >= 0.3 is 6.61 Å². The summed E-state index contributed by atoms with van der Waals surface area (Å²) in [5, 5.41) is 0. The van der Waals surface area contributed by atoms with Crippen LogP contribution in [0, 0.1) is 5.82 Å². The minimum absolute atomic E-state index is 0.00734. The molecule has 1 aliphatic rings. The molecule has 0 spiro atoms. The molecule has 0 unspecified atom stereocenters. The van der Waals surface area contributed by atoms with Crippen molar-refractivity contribution in [2.24, 2.45) is 0 Å². The summed E-state index contributed by atoms with van der Waals surface area (Å²) in [7, 11) is 0. The maximum Gasteiger partial charge on any atom is 0.387 e. The average molecular weight is 410 g/mol. The second-order valence-corrected chi connectivity index (χ2v) is 6.60. The fraction of sp³-hybridized carbons (Fsp3) is 0.333. The molecule has 0 heterocycles. The van der Waals surface area contributed by atoms with Crippen LogP contribution in [0.5, 0.6) is 11.5 Å². The van der Waals surface area contributed by atoms with Crippen LogP contribution < -0.4 is 9.47 Å². The lowest BCUT2D eigenvalue weighted by Gasteiger charge is -2.12. The monoisotopic (exact) mass is 410 g/mol. The van der Waals surface area contributed by atoms with Gasteiger partial charge < -0.3 is 9.47 Å². The lowest BCUT2D eigenvalue weighted by Crippen LogP contribution is -2.15. The Bertz CT molecular complexity index is 910. The molecule has 0 aromatic heterocycles. The highest BCUT2D eigenvalue weighted by atomic mass is 19.3. The summed E-state index contributed by atoms with van der Waals surface area (Å²) >= 11 is 0. The second-order valence-electron chi connectivity index (χ2n) is 6.60. The van der Waals surface area contributed by atoms with E-state index in [0.29, 0.717) is 5.56 Å².